The Bertz CT molecular complexity index is 118. The lowest BCUT2D eigenvalue weighted by Gasteiger charge is -2.37. The predicted octanol–water partition coefficient (Wildman–Crippen LogP) is 2.16. The third-order valence-corrected chi connectivity index (χ3v) is 2.80. The maximum absolute atomic E-state index is 5.95. The second-order valence-corrected chi connectivity index (χ2v) is 4.55. The molecule has 1 saturated carbocycles. The van der Waals surface area contributed by atoms with Crippen LogP contribution in [-0.4, -0.2) is 6.04 Å². The first-order valence-corrected chi connectivity index (χ1v) is 4.27. The molecule has 1 aliphatic carbocycles. The fraction of sp³-hybridized carbons (Fsp3) is 1.00. The van der Waals surface area contributed by atoms with Gasteiger partial charge in [0.1, 0.15) is 0 Å². The summed E-state index contributed by atoms with van der Waals surface area (Å²) in [5, 5.41) is 0. The molecular weight excluding hydrogens is 122 g/mol. The summed E-state index contributed by atoms with van der Waals surface area (Å²) in [6, 6.07) is 0.448. The maximum atomic E-state index is 5.95. The standard InChI is InChI=1S/C9H19N/c1-7-4-5-9(2,3)6-8(7)10/h7-8H,4-6,10H2,1-3H3. The van der Waals surface area contributed by atoms with E-state index in [9.17, 15) is 0 Å². The monoisotopic (exact) mass is 141 g/mol. The van der Waals surface area contributed by atoms with Crippen LogP contribution in [0.5, 0.6) is 0 Å². The van der Waals surface area contributed by atoms with E-state index in [4.69, 9.17) is 5.73 Å². The lowest BCUT2D eigenvalue weighted by molar-refractivity contribution is 0.174. The Balaban J connectivity index is 2.49. The van der Waals surface area contributed by atoms with Crippen LogP contribution in [0.3, 0.4) is 0 Å². The average molecular weight is 141 g/mol. The van der Waals surface area contributed by atoms with Gasteiger partial charge in [-0.25, -0.2) is 0 Å². The van der Waals surface area contributed by atoms with E-state index in [-0.39, 0.29) is 0 Å². The lowest BCUT2D eigenvalue weighted by Crippen LogP contribution is -2.38. The van der Waals surface area contributed by atoms with E-state index >= 15 is 0 Å². The number of hydrogen-bond donors (Lipinski definition) is 1. The minimum atomic E-state index is 0.448. The van der Waals surface area contributed by atoms with E-state index in [1.54, 1.807) is 0 Å². The van der Waals surface area contributed by atoms with Crippen molar-refractivity contribution in [2.75, 3.05) is 0 Å². The topological polar surface area (TPSA) is 26.0 Å². The quantitative estimate of drug-likeness (QED) is 0.549. The van der Waals surface area contributed by atoms with Gasteiger partial charge in [0.25, 0.3) is 0 Å². The van der Waals surface area contributed by atoms with Gasteiger partial charge in [0.2, 0.25) is 0 Å². The van der Waals surface area contributed by atoms with E-state index < -0.39 is 0 Å². The van der Waals surface area contributed by atoms with E-state index in [1.165, 1.54) is 19.3 Å². The van der Waals surface area contributed by atoms with E-state index in [0.29, 0.717) is 11.5 Å². The van der Waals surface area contributed by atoms with E-state index in [1.807, 2.05) is 0 Å². The van der Waals surface area contributed by atoms with Crippen molar-refractivity contribution in [3.8, 4) is 0 Å². The van der Waals surface area contributed by atoms with Crippen molar-refractivity contribution in [3.63, 3.8) is 0 Å². The lowest BCUT2D eigenvalue weighted by atomic mass is 9.71. The minimum absolute atomic E-state index is 0.448. The first kappa shape index (κ1) is 8.06. The SMILES string of the molecule is CC1CCC(C)(C)CC1N. The molecule has 0 heterocycles. The molecule has 0 aliphatic heterocycles. The van der Waals surface area contributed by atoms with Crippen LogP contribution in [0.2, 0.25) is 0 Å². The Morgan fingerprint density at radius 1 is 1.40 bits per heavy atom. The van der Waals surface area contributed by atoms with Gasteiger partial charge in [0.05, 0.1) is 0 Å². The molecule has 0 spiro atoms. The van der Waals surface area contributed by atoms with Gasteiger partial charge >= 0.3 is 0 Å². The zero-order valence-electron chi connectivity index (χ0n) is 7.35. The highest BCUT2D eigenvalue weighted by molar-refractivity contribution is 4.84. The number of hydrogen-bond acceptors (Lipinski definition) is 1. The molecule has 0 saturated heterocycles. The molecule has 0 bridgehead atoms. The summed E-state index contributed by atoms with van der Waals surface area (Å²) in [6.07, 6.45) is 3.87. The first-order chi connectivity index (χ1) is 4.51. The summed E-state index contributed by atoms with van der Waals surface area (Å²) >= 11 is 0. The molecule has 1 fully saturated rings. The third-order valence-electron chi connectivity index (χ3n) is 2.80. The molecule has 1 heteroatoms. The van der Waals surface area contributed by atoms with Gasteiger partial charge in [-0.15, -0.1) is 0 Å². The van der Waals surface area contributed by atoms with E-state index in [0.717, 1.165) is 5.92 Å². The Kier molecular flexibility index (Phi) is 2.04. The Morgan fingerprint density at radius 2 is 2.00 bits per heavy atom. The van der Waals surface area contributed by atoms with Crippen LogP contribution >= 0.6 is 0 Å². The summed E-state index contributed by atoms with van der Waals surface area (Å²) in [6.45, 7) is 6.90. The van der Waals surface area contributed by atoms with Gasteiger partial charge in [0, 0.05) is 6.04 Å². The molecular formula is C9H19N. The van der Waals surface area contributed by atoms with E-state index in [2.05, 4.69) is 20.8 Å². The molecule has 0 radical (unpaired) electrons. The van der Waals surface area contributed by atoms with Crippen molar-refractivity contribution in [1.82, 2.24) is 0 Å². The van der Waals surface area contributed by atoms with Crippen molar-refractivity contribution in [1.29, 1.82) is 0 Å². The van der Waals surface area contributed by atoms with Crippen LogP contribution in [0.4, 0.5) is 0 Å². The zero-order valence-corrected chi connectivity index (χ0v) is 7.35. The Labute approximate surface area is 64.0 Å². The largest absolute Gasteiger partial charge is 0.327 e. The van der Waals surface area contributed by atoms with Gasteiger partial charge in [-0.3, -0.25) is 0 Å². The molecule has 10 heavy (non-hydrogen) atoms. The van der Waals surface area contributed by atoms with Crippen molar-refractivity contribution in [2.45, 2.75) is 46.1 Å². The Hall–Kier alpha value is -0.0400. The van der Waals surface area contributed by atoms with Gasteiger partial charge in [0.15, 0.2) is 0 Å². The summed E-state index contributed by atoms with van der Waals surface area (Å²) in [5.41, 5.74) is 6.46. The second kappa shape index (κ2) is 2.54. The van der Waals surface area contributed by atoms with Crippen molar-refractivity contribution >= 4 is 0 Å². The summed E-state index contributed by atoms with van der Waals surface area (Å²) in [7, 11) is 0. The Morgan fingerprint density at radius 3 is 2.40 bits per heavy atom. The van der Waals surface area contributed by atoms with Crippen LogP contribution in [-0.2, 0) is 0 Å². The van der Waals surface area contributed by atoms with Gasteiger partial charge in [-0.2, -0.15) is 0 Å². The van der Waals surface area contributed by atoms with Crippen molar-refractivity contribution in [2.24, 2.45) is 17.1 Å². The molecule has 1 rings (SSSR count). The van der Waals surface area contributed by atoms with Gasteiger partial charge in [-0.05, 0) is 30.6 Å². The van der Waals surface area contributed by atoms with Crippen LogP contribution in [0, 0.1) is 11.3 Å². The zero-order chi connectivity index (χ0) is 7.78. The normalized spacial score (nSPS) is 39.6. The molecule has 0 amide bonds. The molecule has 60 valence electrons. The molecule has 1 aliphatic rings. The summed E-state index contributed by atoms with van der Waals surface area (Å²) in [5.74, 6) is 0.744. The smallest absolute Gasteiger partial charge is 0.00696 e. The number of rotatable bonds is 0. The van der Waals surface area contributed by atoms with Crippen LogP contribution < -0.4 is 5.73 Å². The number of nitrogens with two attached hydrogens (primary N) is 1. The molecule has 0 aromatic carbocycles. The maximum Gasteiger partial charge on any atom is 0.00696 e. The first-order valence-electron chi connectivity index (χ1n) is 4.27. The fourth-order valence-corrected chi connectivity index (χ4v) is 1.77. The highest BCUT2D eigenvalue weighted by Gasteiger charge is 2.29. The van der Waals surface area contributed by atoms with Gasteiger partial charge in [-0.1, -0.05) is 20.8 Å². The van der Waals surface area contributed by atoms with Gasteiger partial charge < -0.3 is 5.73 Å². The van der Waals surface area contributed by atoms with Crippen molar-refractivity contribution < 1.29 is 0 Å². The predicted molar refractivity (Wildman–Crippen MR) is 44.8 cm³/mol. The van der Waals surface area contributed by atoms with Crippen LogP contribution in [0.1, 0.15) is 40.0 Å². The molecule has 0 aromatic heterocycles. The average Bonchev–Trinajstić information content (AvgIpc) is 1.79. The molecule has 2 atom stereocenters. The third kappa shape index (κ3) is 1.72. The molecule has 2 N–H and O–H groups in total. The fourth-order valence-electron chi connectivity index (χ4n) is 1.77. The molecule has 0 aromatic rings. The molecule has 2 unspecified atom stereocenters. The summed E-state index contributed by atoms with van der Waals surface area (Å²) < 4.78 is 0. The highest BCUT2D eigenvalue weighted by Crippen LogP contribution is 2.36. The summed E-state index contributed by atoms with van der Waals surface area (Å²) in [4.78, 5) is 0. The van der Waals surface area contributed by atoms with Crippen molar-refractivity contribution in [3.05, 3.63) is 0 Å². The minimum Gasteiger partial charge on any atom is -0.327 e. The second-order valence-electron chi connectivity index (χ2n) is 4.55. The highest BCUT2D eigenvalue weighted by atomic mass is 14.7. The van der Waals surface area contributed by atoms with Crippen LogP contribution in [0.15, 0.2) is 0 Å². The molecule has 1 nitrogen and oxygen atoms in total. The van der Waals surface area contributed by atoms with Crippen LogP contribution in [0.25, 0.3) is 0 Å².